The molecule has 1 amide bonds. The first-order chi connectivity index (χ1) is 47.6. The molecule has 0 fully saturated rings. The smallest absolute Gasteiger partial charge is 0.339 e. The van der Waals surface area contributed by atoms with E-state index in [1.807, 2.05) is 90.1 Å². The number of carbonyl (C=O) groups is 6. The van der Waals surface area contributed by atoms with Crippen molar-refractivity contribution in [3.8, 4) is 45.3 Å². The van der Waals surface area contributed by atoms with E-state index in [1.165, 1.54) is 51.0 Å². The average molecular weight is 1540 g/mol. The number of esters is 1. The number of nitrogens with zero attached hydrogens (tertiary/aromatic N) is 9. The van der Waals surface area contributed by atoms with Crippen LogP contribution in [0.15, 0.2) is 122 Å². The lowest BCUT2D eigenvalue weighted by molar-refractivity contribution is 0.0596. The van der Waals surface area contributed by atoms with Gasteiger partial charge in [0.15, 0.2) is 34.3 Å². The molecule has 0 radical (unpaired) electrons. The van der Waals surface area contributed by atoms with Crippen LogP contribution in [0.5, 0.6) is 11.5 Å². The van der Waals surface area contributed by atoms with E-state index in [0.29, 0.717) is 122 Å². The molecule has 0 saturated carbocycles. The number of fused-ring (bicyclic) bond motifs is 5. The number of ether oxygens (including phenoxy) is 3. The van der Waals surface area contributed by atoms with Gasteiger partial charge >= 0.3 is 11.9 Å². The number of para-hydroxylation sites is 2. The number of methoxy groups -OCH3 is 1. The number of aromatic nitrogens is 9. The Labute approximate surface area is 631 Å². The van der Waals surface area contributed by atoms with Crippen LogP contribution in [0.3, 0.4) is 0 Å². The Morgan fingerprint density at radius 1 is 0.510 bits per heavy atom. The first-order valence-electron chi connectivity index (χ1n) is 31.6. The first-order valence-corrected chi connectivity index (χ1v) is 33.8. The summed E-state index contributed by atoms with van der Waals surface area (Å²) in [5, 5.41) is 28.3. The molecule has 532 valence electrons. The highest BCUT2D eigenvalue weighted by Gasteiger charge is 2.32. The molecule has 0 saturated heterocycles. The second kappa shape index (κ2) is 33.7. The van der Waals surface area contributed by atoms with Crippen LogP contribution in [0.2, 0.25) is 30.1 Å². The summed E-state index contributed by atoms with van der Waals surface area (Å²) in [5.74, 6) is -1.13. The van der Waals surface area contributed by atoms with Crippen molar-refractivity contribution in [2.24, 2.45) is 5.73 Å². The van der Waals surface area contributed by atoms with Crippen LogP contribution in [0, 0.1) is 0 Å². The molecular formula is C73H71Cl6N11O10S2. The second-order valence-corrected chi connectivity index (χ2v) is 27.1. The molecule has 2 aliphatic heterocycles. The summed E-state index contributed by atoms with van der Waals surface area (Å²) in [5.41, 5.74) is 15.6. The molecule has 0 aliphatic carbocycles. The van der Waals surface area contributed by atoms with Crippen molar-refractivity contribution in [1.29, 1.82) is 0 Å². The monoisotopic (exact) mass is 1540 g/mol. The molecule has 2 aliphatic rings. The van der Waals surface area contributed by atoms with Crippen molar-refractivity contribution in [1.82, 2.24) is 49.1 Å². The summed E-state index contributed by atoms with van der Waals surface area (Å²) in [6, 6.07) is 30.6. The zero-order valence-corrected chi connectivity index (χ0v) is 63.3. The van der Waals surface area contributed by atoms with Gasteiger partial charge in [-0.05, 0) is 84.5 Å². The SMILES string of the molecule is CC(=O)c1nc2c(C(C)C)c(C(=O)N[C@H]3CCOc4ccccc43)cnn2c1-c1cc(Cl)cc(Cl)c1.CC(=O)c1nc2c(C(C)C)c(C(=O)O)cnn2c1-c1cc(Cl)cc(Cl)c1.COC(=O)c1cnn2c(-c3cc(Cl)cc(Cl)c3)c(C(C)=O)nc2c1C(C)C.N[C@H]1CCOc2ccccc21.S.S. The molecule has 0 spiro atoms. The Balaban J connectivity index is 0.000000181. The van der Waals surface area contributed by atoms with Crippen LogP contribution in [0.4, 0.5) is 0 Å². The quantitative estimate of drug-likeness (QED) is 0.0714. The third kappa shape index (κ3) is 16.9. The van der Waals surface area contributed by atoms with E-state index in [2.05, 4.69) is 35.6 Å². The molecule has 6 aromatic heterocycles. The lowest BCUT2D eigenvalue weighted by atomic mass is 9.97. The van der Waals surface area contributed by atoms with E-state index in [0.717, 1.165) is 35.7 Å². The van der Waals surface area contributed by atoms with Gasteiger partial charge in [0.05, 0.1) is 61.6 Å². The van der Waals surface area contributed by atoms with Crippen LogP contribution in [-0.2, 0) is 4.74 Å². The molecule has 8 heterocycles. The maximum absolute atomic E-state index is 13.5. The van der Waals surface area contributed by atoms with Gasteiger partial charge < -0.3 is 30.4 Å². The Bertz CT molecular complexity index is 5020. The molecule has 21 nitrogen and oxygen atoms in total. The van der Waals surface area contributed by atoms with Crippen molar-refractivity contribution in [3.63, 3.8) is 0 Å². The van der Waals surface area contributed by atoms with Gasteiger partial charge in [-0.25, -0.2) is 38.1 Å². The molecule has 5 aromatic carbocycles. The number of hydrogen-bond donors (Lipinski definition) is 3. The highest BCUT2D eigenvalue weighted by molar-refractivity contribution is 7.59. The van der Waals surface area contributed by atoms with Crippen LogP contribution >= 0.6 is 96.6 Å². The summed E-state index contributed by atoms with van der Waals surface area (Å²) in [7, 11) is 1.31. The third-order valence-corrected chi connectivity index (χ3v) is 17.7. The lowest BCUT2D eigenvalue weighted by Crippen LogP contribution is -2.33. The number of carbonyl (C=O) groups excluding carboxylic acids is 5. The van der Waals surface area contributed by atoms with Gasteiger partial charge in [0.2, 0.25) is 0 Å². The molecule has 11 aromatic rings. The van der Waals surface area contributed by atoms with Crippen LogP contribution in [0.1, 0.15) is 195 Å². The van der Waals surface area contributed by atoms with Gasteiger partial charge in [-0.3, -0.25) is 19.2 Å². The minimum absolute atomic E-state index is 0. The number of imidazole rings is 3. The van der Waals surface area contributed by atoms with Crippen molar-refractivity contribution in [3.05, 3.63) is 213 Å². The first kappa shape index (κ1) is 79.1. The van der Waals surface area contributed by atoms with E-state index in [-0.39, 0.29) is 103 Å². The predicted molar refractivity (Wildman–Crippen MR) is 407 cm³/mol. The number of rotatable bonds is 13. The standard InChI is InChI=1S/C27H24Cl2N4O3.C19H17Cl2N3O3.C18H15Cl2N3O3.C9H11NO.2H2S/c1-14(2)23-20(27(35)31-21-8-9-36-22-7-5-4-6-19(21)22)13-30-33-25(24(15(3)34)32-26(23)33)16-10-17(28)12-18(29)11-16;1-9(2)15-14(19(26)27-4)8-22-24-17(16(10(3)25)23-18(15)24)11-5-12(20)7-13(21)6-11;1-8(2)14-13(18(25)26)7-21-23-16(15(9(3)24)22-17(14)23)10-4-11(19)6-12(20)5-10;10-8-5-6-11-9-4-2-1-3-7(8)9;;/h4-7,10-14,21H,8-9H2,1-3H3,(H,31,35);5-9H,1-4H3;4-8H,1-3H3,(H,25,26);1-4,8H,5-6,10H2;2*1H2/t21-;;;8-;;/m0..0../s1. The molecule has 0 bridgehead atoms. The Morgan fingerprint density at radius 2 is 0.843 bits per heavy atom. The number of carboxylic acid groups (broad SMARTS) is 1. The zero-order valence-electron chi connectivity index (χ0n) is 56.8. The molecule has 13 rings (SSSR count). The Morgan fingerprint density at radius 3 is 1.21 bits per heavy atom. The lowest BCUT2D eigenvalue weighted by Gasteiger charge is -2.27. The number of nitrogens with one attached hydrogen (secondary N) is 1. The van der Waals surface area contributed by atoms with Crippen LogP contribution in [0.25, 0.3) is 50.7 Å². The number of nitrogens with two attached hydrogens (primary N) is 1. The minimum atomic E-state index is -1.09. The fourth-order valence-corrected chi connectivity index (χ4v) is 13.6. The van der Waals surface area contributed by atoms with Crippen molar-refractivity contribution < 1.29 is 48.1 Å². The van der Waals surface area contributed by atoms with Gasteiger partial charge in [-0.15, -0.1) is 0 Å². The highest BCUT2D eigenvalue weighted by atomic mass is 35.5. The van der Waals surface area contributed by atoms with Crippen molar-refractivity contribution in [2.45, 2.75) is 105 Å². The third-order valence-electron chi connectivity index (χ3n) is 16.4. The number of Topliss-reactive ketones (excluding diaryl/α,β-unsaturated/α-hetero) is 3. The summed E-state index contributed by atoms with van der Waals surface area (Å²) < 4.78 is 20.6. The number of ketones is 3. The number of aromatic carboxylic acids is 1. The molecule has 102 heavy (non-hydrogen) atoms. The van der Waals surface area contributed by atoms with Crippen molar-refractivity contribution in [2.75, 3.05) is 20.3 Å². The van der Waals surface area contributed by atoms with Crippen molar-refractivity contribution >= 4 is 149 Å². The second-order valence-electron chi connectivity index (χ2n) is 24.4. The van der Waals surface area contributed by atoms with E-state index in [9.17, 15) is 33.9 Å². The zero-order chi connectivity index (χ0) is 72.3. The largest absolute Gasteiger partial charge is 0.493 e. The maximum atomic E-state index is 13.5. The van der Waals surface area contributed by atoms with E-state index >= 15 is 0 Å². The molecule has 29 heteroatoms. The number of carboxylic acids is 1. The molecule has 2 atom stereocenters. The van der Waals surface area contributed by atoms with Gasteiger partial charge in [0.25, 0.3) is 5.91 Å². The molecular weight excluding hydrogens is 1470 g/mol. The Hall–Kier alpha value is -8.62. The normalized spacial score (nSPS) is 13.5. The highest BCUT2D eigenvalue weighted by Crippen LogP contribution is 2.39. The van der Waals surface area contributed by atoms with Gasteiger partial charge in [-0.1, -0.05) is 148 Å². The fourth-order valence-electron chi connectivity index (χ4n) is 12.0. The number of amides is 1. The van der Waals surface area contributed by atoms with Crippen LogP contribution < -0.4 is 20.5 Å². The summed E-state index contributed by atoms with van der Waals surface area (Å²) in [4.78, 5) is 87.9. The van der Waals surface area contributed by atoms with Gasteiger partial charge in [-0.2, -0.15) is 42.3 Å². The minimum Gasteiger partial charge on any atom is -0.493 e. The topological polar surface area (TPSA) is 279 Å². The van der Waals surface area contributed by atoms with E-state index in [4.69, 9.17) is 89.5 Å². The summed E-state index contributed by atoms with van der Waals surface area (Å²) in [6.45, 7) is 17.1. The number of benzene rings is 5. The number of hydrogen-bond acceptors (Lipinski definition) is 16. The maximum Gasteiger partial charge on any atom is 0.339 e. The summed E-state index contributed by atoms with van der Waals surface area (Å²) in [6.07, 6.45) is 5.81. The van der Waals surface area contributed by atoms with Gasteiger partial charge in [0, 0.05) is 114 Å². The Kier molecular flexibility index (Phi) is 26.1. The average Bonchev–Trinajstić information content (AvgIpc) is 1.59. The molecule has 4 N–H and O–H groups in total. The van der Waals surface area contributed by atoms with E-state index in [1.54, 1.807) is 63.6 Å². The van der Waals surface area contributed by atoms with Gasteiger partial charge in [0.1, 0.15) is 45.7 Å². The predicted octanol–water partition coefficient (Wildman–Crippen LogP) is 17.5. The molecule has 0 unspecified atom stereocenters. The van der Waals surface area contributed by atoms with Crippen LogP contribution in [-0.4, -0.2) is 104 Å². The summed E-state index contributed by atoms with van der Waals surface area (Å²) >= 11 is 37.0. The fraction of sp³-hybridized carbons (Fsp3) is 0.260. The number of halogens is 6. The van der Waals surface area contributed by atoms with E-state index < -0.39 is 11.9 Å².